The molecule has 4 heterocycles. The molecule has 1 saturated heterocycles. The number of benzene rings is 1. The van der Waals surface area contributed by atoms with Gasteiger partial charge in [-0.25, -0.2) is 22.5 Å². The minimum Gasteiger partial charge on any atom is -0.384 e. The fourth-order valence-corrected chi connectivity index (χ4v) is 10.7. The fourth-order valence-electron chi connectivity index (χ4n) is 7.58. The number of carbonyl (C=O) groups excluding carboxylic acids is 2. The van der Waals surface area contributed by atoms with Crippen LogP contribution in [0.5, 0.6) is 0 Å². The Morgan fingerprint density at radius 2 is 1.87 bits per heavy atom. The lowest BCUT2D eigenvalue weighted by molar-refractivity contribution is -0.191. The van der Waals surface area contributed by atoms with Gasteiger partial charge in [0, 0.05) is 47.5 Å². The summed E-state index contributed by atoms with van der Waals surface area (Å²) in [5.41, 5.74) is 2.13. The van der Waals surface area contributed by atoms with E-state index in [1.807, 2.05) is 30.5 Å². The number of fused-ring (bicyclic) bond motifs is 3. The number of nitrogens with zero attached hydrogens (tertiary/aromatic N) is 4. The topological polar surface area (TPSA) is 142 Å². The molecule has 0 spiro atoms. The van der Waals surface area contributed by atoms with E-state index in [1.54, 1.807) is 18.5 Å². The summed E-state index contributed by atoms with van der Waals surface area (Å²) < 4.78 is 44.9. The maximum Gasteiger partial charge on any atom is 0.373 e. The van der Waals surface area contributed by atoms with Crippen molar-refractivity contribution in [3.8, 4) is 0 Å². The smallest absolute Gasteiger partial charge is 0.373 e. The molecule has 7 rings (SSSR count). The molecule has 3 aromatic rings. The summed E-state index contributed by atoms with van der Waals surface area (Å²) in [7, 11) is -3.69. The highest BCUT2D eigenvalue weighted by Crippen LogP contribution is 2.53. The number of amidine groups is 1. The average molecular weight is 672 g/mol. The molecule has 14 heteroatoms. The van der Waals surface area contributed by atoms with Crippen molar-refractivity contribution in [2.45, 2.75) is 62.0 Å². The molecule has 45 heavy (non-hydrogen) atoms. The standard InChI is InChI=1S/C30H31ClFN5O3S2.CO2/c1-17-24-13-21(16-37(24)28(29-34-10-11-41-29)35-26(17)22-8-7-20(32)12-23(22)31)36-42(39,40)27-18-5-6-19(27)15-30(38,14-18)25-4-2-3-9-33-25;2-1-3/h2-4,7-12,18-19,21,26-27,36,38H,5-6,13-16H2,1H3;/t18?,19?,21?,26-,27?,30?;/m1./s1. The lowest BCUT2D eigenvalue weighted by atomic mass is 9.75. The number of aromatic nitrogens is 2. The zero-order valence-corrected chi connectivity index (χ0v) is 26.7. The second-order valence-electron chi connectivity index (χ2n) is 12.0. The first kappa shape index (κ1) is 31.7. The van der Waals surface area contributed by atoms with Crippen LogP contribution in [-0.2, 0) is 25.2 Å². The number of thiazole rings is 1. The van der Waals surface area contributed by atoms with Gasteiger partial charge in [0.15, 0.2) is 10.8 Å². The Kier molecular flexibility index (Phi) is 8.77. The van der Waals surface area contributed by atoms with Gasteiger partial charge in [-0.2, -0.15) is 9.59 Å². The molecular weight excluding hydrogens is 641 g/mol. The lowest BCUT2D eigenvalue weighted by Crippen LogP contribution is -2.51. The number of halogens is 2. The van der Waals surface area contributed by atoms with Crippen LogP contribution in [0, 0.1) is 17.7 Å². The third kappa shape index (κ3) is 6.00. The molecule has 2 bridgehead atoms. The number of hydrogen-bond acceptors (Lipinski definition) is 10. The number of rotatable bonds is 6. The highest BCUT2D eigenvalue weighted by Gasteiger charge is 2.55. The Morgan fingerprint density at radius 1 is 1.13 bits per heavy atom. The minimum atomic E-state index is -3.69. The molecule has 2 aliphatic heterocycles. The molecular formula is C31H31ClFN5O5S2. The Labute approximate surface area is 269 Å². The van der Waals surface area contributed by atoms with Gasteiger partial charge in [0.1, 0.15) is 17.5 Å². The van der Waals surface area contributed by atoms with Crippen molar-refractivity contribution in [1.82, 2.24) is 19.6 Å². The molecule has 4 aliphatic rings. The summed E-state index contributed by atoms with van der Waals surface area (Å²) in [5, 5.41) is 13.8. The molecule has 2 aliphatic carbocycles. The highest BCUT2D eigenvalue weighted by molar-refractivity contribution is 7.90. The van der Waals surface area contributed by atoms with E-state index in [0.717, 1.165) is 29.1 Å². The van der Waals surface area contributed by atoms with Gasteiger partial charge in [0.05, 0.1) is 10.9 Å². The van der Waals surface area contributed by atoms with Crippen molar-refractivity contribution in [2.24, 2.45) is 16.8 Å². The molecule has 3 unspecified atom stereocenters. The number of aliphatic imine (C=N–C) groups is 1. The van der Waals surface area contributed by atoms with Crippen LogP contribution in [0.4, 0.5) is 4.39 Å². The summed E-state index contributed by atoms with van der Waals surface area (Å²) in [4.78, 5) is 32.2. The fraction of sp³-hybridized carbons (Fsp3) is 0.419. The predicted octanol–water partition coefficient (Wildman–Crippen LogP) is 4.59. The number of sulfonamides is 1. The van der Waals surface area contributed by atoms with Crippen molar-refractivity contribution < 1.29 is 27.5 Å². The molecule has 4 atom stereocenters. The second-order valence-corrected chi connectivity index (χ2v) is 15.1. The highest BCUT2D eigenvalue weighted by atomic mass is 35.5. The Balaban J connectivity index is 0.00000115. The summed E-state index contributed by atoms with van der Waals surface area (Å²) in [6, 6.07) is 9.03. The van der Waals surface area contributed by atoms with Gasteiger partial charge in [0.25, 0.3) is 0 Å². The van der Waals surface area contributed by atoms with E-state index in [1.165, 1.54) is 23.5 Å². The van der Waals surface area contributed by atoms with E-state index in [0.29, 0.717) is 47.9 Å². The summed E-state index contributed by atoms with van der Waals surface area (Å²) in [5.74, 6) is -0.0387. The quantitative estimate of drug-likeness (QED) is 0.388. The van der Waals surface area contributed by atoms with Gasteiger partial charge in [-0.05, 0) is 79.8 Å². The summed E-state index contributed by atoms with van der Waals surface area (Å²) in [6.45, 7) is 2.40. The molecule has 2 aromatic heterocycles. The van der Waals surface area contributed by atoms with Crippen molar-refractivity contribution >= 4 is 44.9 Å². The van der Waals surface area contributed by atoms with Gasteiger partial charge >= 0.3 is 6.15 Å². The van der Waals surface area contributed by atoms with Crippen molar-refractivity contribution in [3.05, 3.63) is 92.5 Å². The first-order valence-corrected chi connectivity index (χ1v) is 17.4. The van der Waals surface area contributed by atoms with E-state index in [-0.39, 0.29) is 24.0 Å². The van der Waals surface area contributed by atoms with Crippen molar-refractivity contribution in [2.75, 3.05) is 6.54 Å². The van der Waals surface area contributed by atoms with Crippen LogP contribution in [-0.4, -0.2) is 58.2 Å². The molecule has 10 nitrogen and oxygen atoms in total. The van der Waals surface area contributed by atoms with Crippen LogP contribution in [0.25, 0.3) is 0 Å². The Bertz CT molecular complexity index is 1770. The van der Waals surface area contributed by atoms with Crippen molar-refractivity contribution in [3.63, 3.8) is 0 Å². The van der Waals surface area contributed by atoms with E-state index in [4.69, 9.17) is 26.2 Å². The average Bonchev–Trinajstić information content (AvgIpc) is 3.74. The second kappa shape index (κ2) is 12.5. The molecule has 2 saturated carbocycles. The number of hydrogen-bond donors (Lipinski definition) is 2. The number of nitrogens with one attached hydrogen (secondary N) is 1. The van der Waals surface area contributed by atoms with Gasteiger partial charge in [-0.15, -0.1) is 11.3 Å². The normalized spacial score (nSPS) is 29.0. The summed E-state index contributed by atoms with van der Waals surface area (Å²) >= 11 is 7.93. The van der Waals surface area contributed by atoms with Crippen LogP contribution in [0.15, 0.2) is 70.4 Å². The zero-order chi connectivity index (χ0) is 31.9. The maximum absolute atomic E-state index is 14.0. The largest absolute Gasteiger partial charge is 0.384 e. The minimum absolute atomic E-state index is 0.143. The number of aliphatic hydroxyl groups is 1. The first-order valence-electron chi connectivity index (χ1n) is 14.6. The van der Waals surface area contributed by atoms with Crippen LogP contribution in [0.2, 0.25) is 5.02 Å². The van der Waals surface area contributed by atoms with E-state index in [2.05, 4.69) is 19.6 Å². The van der Waals surface area contributed by atoms with Gasteiger partial charge in [0.2, 0.25) is 10.0 Å². The van der Waals surface area contributed by atoms with Crippen LogP contribution in [0.1, 0.15) is 61.3 Å². The van der Waals surface area contributed by atoms with Crippen LogP contribution in [0.3, 0.4) is 0 Å². The molecule has 236 valence electrons. The SMILES string of the molecule is CC1=C2CC(NS(=O)(=O)C3C4CCC3CC(O)(c3ccccn3)C4)CN2C(c2nccs2)=N[C@H]1c1ccc(F)cc1Cl.O=C=O. The Hall–Kier alpha value is -3.32. The molecule has 1 aromatic carbocycles. The van der Waals surface area contributed by atoms with Crippen LogP contribution < -0.4 is 4.72 Å². The monoisotopic (exact) mass is 671 g/mol. The number of pyridine rings is 1. The summed E-state index contributed by atoms with van der Waals surface area (Å²) in [6.07, 6.45) is 6.44. The Morgan fingerprint density at radius 3 is 2.49 bits per heavy atom. The van der Waals surface area contributed by atoms with Gasteiger partial charge in [-0.3, -0.25) is 9.98 Å². The zero-order valence-electron chi connectivity index (χ0n) is 24.3. The molecule has 2 N–H and O–H groups in total. The van der Waals surface area contributed by atoms with Gasteiger partial charge < -0.3 is 10.0 Å². The first-order chi connectivity index (χ1) is 21.5. The van der Waals surface area contributed by atoms with Gasteiger partial charge in [-0.1, -0.05) is 23.7 Å². The van der Waals surface area contributed by atoms with E-state index < -0.39 is 32.7 Å². The van der Waals surface area contributed by atoms with Crippen LogP contribution >= 0.6 is 22.9 Å². The third-order valence-corrected chi connectivity index (χ3v) is 12.5. The van der Waals surface area contributed by atoms with Crippen molar-refractivity contribution in [1.29, 1.82) is 0 Å². The van der Waals surface area contributed by atoms with E-state index in [9.17, 15) is 17.9 Å². The molecule has 3 fully saturated rings. The molecule has 0 radical (unpaired) electrons. The predicted molar refractivity (Wildman–Crippen MR) is 165 cm³/mol. The maximum atomic E-state index is 14.0. The molecule has 0 amide bonds. The third-order valence-electron chi connectivity index (χ3n) is 9.29. The van der Waals surface area contributed by atoms with E-state index >= 15 is 0 Å². The lowest BCUT2D eigenvalue weighted by Gasteiger charge is -2.40.